The maximum absolute atomic E-state index is 14.2. The summed E-state index contributed by atoms with van der Waals surface area (Å²) in [6.45, 7) is 0.957. The highest BCUT2D eigenvalue weighted by Crippen LogP contribution is 2.34. The number of unbranched alkanes of at least 4 members (excludes halogenated alkanes) is 1. The minimum absolute atomic E-state index is 0.173. The molecule has 23 heavy (non-hydrogen) atoms. The first-order chi connectivity index (χ1) is 10.8. The van der Waals surface area contributed by atoms with E-state index in [0.717, 1.165) is 51.3 Å². The number of aliphatic hydroxyl groups is 1. The number of benzene rings is 1. The Balaban J connectivity index is 2.29. The Labute approximate surface area is 137 Å². The standard InChI is InChI=1S/C16H25FN2O3S/c1-23(21,22)16-11-14(18)15(10-13(16)17)19-8-4-2-6-12(19)7-3-5-9-20/h10-12,20H,2-9,18H2,1H3. The first-order valence-electron chi connectivity index (χ1n) is 8.01. The van der Waals surface area contributed by atoms with Gasteiger partial charge in [-0.1, -0.05) is 0 Å². The lowest BCUT2D eigenvalue weighted by Crippen LogP contribution is -2.40. The first kappa shape index (κ1) is 18.0. The van der Waals surface area contributed by atoms with Gasteiger partial charge in [0.1, 0.15) is 10.7 Å². The smallest absolute Gasteiger partial charge is 0.178 e. The van der Waals surface area contributed by atoms with Crippen LogP contribution in [0.25, 0.3) is 0 Å². The number of piperidine rings is 1. The van der Waals surface area contributed by atoms with Crippen molar-refractivity contribution in [3.05, 3.63) is 17.9 Å². The molecule has 7 heteroatoms. The Bertz CT molecular complexity index is 649. The predicted octanol–water partition coefficient (Wildman–Crippen LogP) is 2.33. The normalized spacial score (nSPS) is 19.1. The molecule has 0 spiro atoms. The fourth-order valence-electron chi connectivity index (χ4n) is 3.20. The van der Waals surface area contributed by atoms with Gasteiger partial charge < -0.3 is 15.7 Å². The highest BCUT2D eigenvalue weighted by molar-refractivity contribution is 7.90. The number of aliphatic hydroxyl groups excluding tert-OH is 1. The summed E-state index contributed by atoms with van der Waals surface area (Å²) < 4.78 is 37.4. The van der Waals surface area contributed by atoms with Crippen molar-refractivity contribution in [2.24, 2.45) is 0 Å². The summed E-state index contributed by atoms with van der Waals surface area (Å²) >= 11 is 0. The molecule has 1 aliphatic rings. The molecule has 1 saturated heterocycles. The van der Waals surface area contributed by atoms with E-state index in [1.807, 2.05) is 0 Å². The zero-order valence-electron chi connectivity index (χ0n) is 13.5. The molecule has 1 aliphatic heterocycles. The second-order valence-electron chi connectivity index (χ2n) is 6.18. The van der Waals surface area contributed by atoms with Crippen molar-refractivity contribution in [3.63, 3.8) is 0 Å². The van der Waals surface area contributed by atoms with Crippen LogP contribution in [-0.4, -0.2) is 39.0 Å². The minimum Gasteiger partial charge on any atom is -0.397 e. The van der Waals surface area contributed by atoms with Crippen LogP contribution in [0.3, 0.4) is 0 Å². The molecule has 1 aromatic carbocycles. The zero-order valence-corrected chi connectivity index (χ0v) is 14.3. The van der Waals surface area contributed by atoms with Crippen LogP contribution in [-0.2, 0) is 9.84 Å². The number of nitrogen functional groups attached to an aromatic ring is 1. The third-order valence-electron chi connectivity index (χ3n) is 4.36. The van der Waals surface area contributed by atoms with Crippen molar-refractivity contribution >= 4 is 21.2 Å². The largest absolute Gasteiger partial charge is 0.397 e. The van der Waals surface area contributed by atoms with Crippen molar-refractivity contribution in [2.45, 2.75) is 49.5 Å². The molecule has 130 valence electrons. The van der Waals surface area contributed by atoms with Crippen LogP contribution in [0.2, 0.25) is 0 Å². The molecule has 1 fully saturated rings. The predicted molar refractivity (Wildman–Crippen MR) is 89.8 cm³/mol. The maximum atomic E-state index is 14.2. The number of halogens is 1. The van der Waals surface area contributed by atoms with E-state index >= 15 is 0 Å². The first-order valence-corrected chi connectivity index (χ1v) is 9.90. The fraction of sp³-hybridized carbons (Fsp3) is 0.625. The van der Waals surface area contributed by atoms with Crippen molar-refractivity contribution in [1.82, 2.24) is 0 Å². The van der Waals surface area contributed by atoms with Gasteiger partial charge in [-0.15, -0.1) is 0 Å². The second-order valence-corrected chi connectivity index (χ2v) is 8.16. The molecular formula is C16H25FN2O3S. The average Bonchev–Trinajstić information content (AvgIpc) is 2.49. The Morgan fingerprint density at radius 3 is 2.74 bits per heavy atom. The van der Waals surface area contributed by atoms with E-state index in [-0.39, 0.29) is 17.5 Å². The lowest BCUT2D eigenvalue weighted by molar-refractivity contribution is 0.278. The van der Waals surface area contributed by atoms with Gasteiger partial charge in [0.05, 0.1) is 11.4 Å². The van der Waals surface area contributed by atoms with Crippen LogP contribution >= 0.6 is 0 Å². The molecule has 0 radical (unpaired) electrons. The number of anilines is 2. The molecule has 1 unspecified atom stereocenters. The quantitative estimate of drug-likeness (QED) is 0.611. The van der Waals surface area contributed by atoms with Crippen LogP contribution in [0.5, 0.6) is 0 Å². The second kappa shape index (κ2) is 7.49. The van der Waals surface area contributed by atoms with Crippen molar-refractivity contribution in [2.75, 3.05) is 30.0 Å². The van der Waals surface area contributed by atoms with Gasteiger partial charge in [0.25, 0.3) is 0 Å². The van der Waals surface area contributed by atoms with Crippen LogP contribution < -0.4 is 10.6 Å². The van der Waals surface area contributed by atoms with Gasteiger partial charge in [-0.3, -0.25) is 0 Å². The Hall–Kier alpha value is -1.34. The molecule has 0 aromatic heterocycles. The monoisotopic (exact) mass is 344 g/mol. The molecular weight excluding hydrogens is 319 g/mol. The summed E-state index contributed by atoms with van der Waals surface area (Å²) in [6, 6.07) is 2.72. The molecule has 1 atom stereocenters. The Morgan fingerprint density at radius 1 is 1.35 bits per heavy atom. The van der Waals surface area contributed by atoms with Gasteiger partial charge in [-0.05, 0) is 44.6 Å². The third kappa shape index (κ3) is 4.35. The summed E-state index contributed by atoms with van der Waals surface area (Å²) in [5.74, 6) is -0.753. The lowest BCUT2D eigenvalue weighted by atomic mass is 9.96. The zero-order chi connectivity index (χ0) is 17.0. The van der Waals surface area contributed by atoms with Gasteiger partial charge >= 0.3 is 0 Å². The van der Waals surface area contributed by atoms with Crippen molar-refractivity contribution in [3.8, 4) is 0 Å². The number of nitrogens with zero attached hydrogens (tertiary/aromatic N) is 1. The van der Waals surface area contributed by atoms with Gasteiger partial charge in [0.15, 0.2) is 9.84 Å². The average molecular weight is 344 g/mol. The van der Waals surface area contributed by atoms with E-state index in [2.05, 4.69) is 4.90 Å². The van der Waals surface area contributed by atoms with Crippen molar-refractivity contribution < 1.29 is 17.9 Å². The van der Waals surface area contributed by atoms with Crippen LogP contribution in [0.4, 0.5) is 15.8 Å². The molecule has 0 amide bonds. The number of sulfone groups is 1. The molecule has 3 N–H and O–H groups in total. The van der Waals surface area contributed by atoms with E-state index in [9.17, 15) is 12.8 Å². The maximum Gasteiger partial charge on any atom is 0.178 e. The van der Waals surface area contributed by atoms with E-state index in [0.29, 0.717) is 11.4 Å². The van der Waals surface area contributed by atoms with Gasteiger partial charge in [-0.2, -0.15) is 0 Å². The third-order valence-corrected chi connectivity index (χ3v) is 5.47. The SMILES string of the molecule is CS(=O)(=O)c1cc(N)c(N2CCCCC2CCCCO)cc1F. The van der Waals surface area contributed by atoms with Crippen molar-refractivity contribution in [1.29, 1.82) is 0 Å². The highest BCUT2D eigenvalue weighted by atomic mass is 32.2. The van der Waals surface area contributed by atoms with Gasteiger partial charge in [0.2, 0.25) is 0 Å². The Kier molecular flexibility index (Phi) is 5.86. The van der Waals surface area contributed by atoms with E-state index in [1.165, 1.54) is 12.1 Å². The van der Waals surface area contributed by atoms with Gasteiger partial charge in [-0.25, -0.2) is 12.8 Å². The molecule has 1 aromatic rings. The minimum atomic E-state index is -3.64. The number of hydrogen-bond donors (Lipinski definition) is 2. The summed E-state index contributed by atoms with van der Waals surface area (Å²) in [5.41, 5.74) is 6.89. The summed E-state index contributed by atoms with van der Waals surface area (Å²) in [7, 11) is -3.64. The van der Waals surface area contributed by atoms with Gasteiger partial charge in [0, 0.05) is 31.5 Å². The molecule has 0 bridgehead atoms. The Morgan fingerprint density at radius 2 is 2.09 bits per heavy atom. The molecule has 2 rings (SSSR count). The molecule has 0 aliphatic carbocycles. The van der Waals surface area contributed by atoms with Crippen LogP contribution in [0.15, 0.2) is 17.0 Å². The topological polar surface area (TPSA) is 83.6 Å². The lowest BCUT2D eigenvalue weighted by Gasteiger charge is -2.38. The summed E-state index contributed by atoms with van der Waals surface area (Å²) in [5, 5.41) is 8.93. The molecule has 5 nitrogen and oxygen atoms in total. The molecule has 1 heterocycles. The van der Waals surface area contributed by atoms with E-state index < -0.39 is 15.7 Å². The van der Waals surface area contributed by atoms with E-state index in [4.69, 9.17) is 10.8 Å². The van der Waals surface area contributed by atoms with E-state index in [1.54, 1.807) is 0 Å². The fourth-order valence-corrected chi connectivity index (χ4v) is 3.96. The number of rotatable bonds is 6. The number of nitrogens with two attached hydrogens (primary N) is 1. The highest BCUT2D eigenvalue weighted by Gasteiger charge is 2.26. The summed E-state index contributed by atoms with van der Waals surface area (Å²) in [4.78, 5) is 1.73. The van der Waals surface area contributed by atoms with Crippen LogP contribution in [0.1, 0.15) is 38.5 Å². The molecule has 0 saturated carbocycles. The van der Waals surface area contributed by atoms with Crippen LogP contribution in [0, 0.1) is 5.82 Å². The summed E-state index contributed by atoms with van der Waals surface area (Å²) in [6.07, 6.45) is 6.66. The number of hydrogen-bond acceptors (Lipinski definition) is 5.